The standard InChI is InChI=1S/C14H31NO/c1-6-7-9-16-10-8-14(4,5)12-15-11-13(2)3/h13,15H,6-12H2,1-5H3. The highest BCUT2D eigenvalue weighted by atomic mass is 16.5. The van der Waals surface area contributed by atoms with E-state index >= 15 is 0 Å². The summed E-state index contributed by atoms with van der Waals surface area (Å²) in [5, 5.41) is 3.52. The molecular weight excluding hydrogens is 198 g/mol. The fourth-order valence-corrected chi connectivity index (χ4v) is 1.48. The first-order chi connectivity index (χ1) is 7.48. The third-order valence-corrected chi connectivity index (χ3v) is 2.72. The van der Waals surface area contributed by atoms with Gasteiger partial charge in [0.1, 0.15) is 0 Å². The van der Waals surface area contributed by atoms with Crippen molar-refractivity contribution in [2.75, 3.05) is 26.3 Å². The molecule has 0 heterocycles. The molecule has 2 nitrogen and oxygen atoms in total. The van der Waals surface area contributed by atoms with Crippen LogP contribution in [0.5, 0.6) is 0 Å². The monoisotopic (exact) mass is 229 g/mol. The van der Waals surface area contributed by atoms with E-state index in [0.717, 1.165) is 38.6 Å². The molecule has 0 amide bonds. The lowest BCUT2D eigenvalue weighted by molar-refractivity contribution is 0.101. The van der Waals surface area contributed by atoms with Gasteiger partial charge in [-0.3, -0.25) is 0 Å². The molecule has 0 unspecified atom stereocenters. The van der Waals surface area contributed by atoms with Crippen molar-refractivity contribution >= 4 is 0 Å². The summed E-state index contributed by atoms with van der Waals surface area (Å²) >= 11 is 0. The van der Waals surface area contributed by atoms with Gasteiger partial charge in [-0.25, -0.2) is 0 Å². The highest BCUT2D eigenvalue weighted by Gasteiger charge is 2.16. The molecule has 0 aromatic carbocycles. The molecule has 0 aliphatic rings. The topological polar surface area (TPSA) is 21.3 Å². The van der Waals surface area contributed by atoms with Crippen LogP contribution in [0, 0.1) is 11.3 Å². The summed E-state index contributed by atoms with van der Waals surface area (Å²) in [6.07, 6.45) is 3.55. The summed E-state index contributed by atoms with van der Waals surface area (Å²) in [6.45, 7) is 15.3. The minimum atomic E-state index is 0.348. The Balaban J connectivity index is 3.46. The van der Waals surface area contributed by atoms with Crippen LogP contribution in [0.2, 0.25) is 0 Å². The van der Waals surface area contributed by atoms with Crippen LogP contribution in [-0.4, -0.2) is 26.3 Å². The Kier molecular flexibility index (Phi) is 8.96. The number of hydrogen-bond donors (Lipinski definition) is 1. The van der Waals surface area contributed by atoms with Crippen molar-refractivity contribution in [2.24, 2.45) is 11.3 Å². The van der Waals surface area contributed by atoms with E-state index in [4.69, 9.17) is 4.74 Å². The molecule has 0 aliphatic heterocycles. The molecule has 2 heteroatoms. The molecule has 0 atom stereocenters. The summed E-state index contributed by atoms with van der Waals surface area (Å²) in [4.78, 5) is 0. The Labute approximate surface area is 102 Å². The van der Waals surface area contributed by atoms with Gasteiger partial charge >= 0.3 is 0 Å². The lowest BCUT2D eigenvalue weighted by atomic mass is 9.89. The lowest BCUT2D eigenvalue weighted by Gasteiger charge is -2.25. The first kappa shape index (κ1) is 15.9. The molecule has 16 heavy (non-hydrogen) atoms. The molecule has 0 rings (SSSR count). The second-order valence-corrected chi connectivity index (χ2v) is 5.90. The van der Waals surface area contributed by atoms with Crippen LogP contribution in [0.4, 0.5) is 0 Å². The van der Waals surface area contributed by atoms with E-state index in [1.54, 1.807) is 0 Å². The molecule has 0 bridgehead atoms. The fourth-order valence-electron chi connectivity index (χ4n) is 1.48. The summed E-state index contributed by atoms with van der Waals surface area (Å²) in [6, 6.07) is 0. The van der Waals surface area contributed by atoms with Gasteiger partial charge in [0.15, 0.2) is 0 Å². The van der Waals surface area contributed by atoms with E-state index in [0.29, 0.717) is 5.41 Å². The largest absolute Gasteiger partial charge is 0.381 e. The van der Waals surface area contributed by atoms with Crippen LogP contribution in [0.1, 0.15) is 53.9 Å². The predicted molar refractivity (Wildman–Crippen MR) is 71.8 cm³/mol. The van der Waals surface area contributed by atoms with Crippen molar-refractivity contribution < 1.29 is 4.74 Å². The summed E-state index contributed by atoms with van der Waals surface area (Å²) in [5.41, 5.74) is 0.348. The van der Waals surface area contributed by atoms with Crippen molar-refractivity contribution in [2.45, 2.75) is 53.9 Å². The number of nitrogens with one attached hydrogen (secondary N) is 1. The third kappa shape index (κ3) is 10.4. The number of rotatable bonds is 10. The molecule has 0 aromatic heterocycles. The summed E-state index contributed by atoms with van der Waals surface area (Å²) < 4.78 is 5.61. The maximum atomic E-state index is 5.61. The molecule has 98 valence electrons. The van der Waals surface area contributed by atoms with Gasteiger partial charge in [-0.15, -0.1) is 0 Å². The molecule has 0 spiro atoms. The Morgan fingerprint density at radius 2 is 1.88 bits per heavy atom. The summed E-state index contributed by atoms with van der Waals surface area (Å²) in [5.74, 6) is 0.733. The van der Waals surface area contributed by atoms with Gasteiger partial charge in [0.2, 0.25) is 0 Å². The zero-order valence-electron chi connectivity index (χ0n) is 11.9. The van der Waals surface area contributed by atoms with E-state index in [9.17, 15) is 0 Å². The number of hydrogen-bond acceptors (Lipinski definition) is 2. The van der Waals surface area contributed by atoms with Gasteiger partial charge in [-0.1, -0.05) is 41.0 Å². The van der Waals surface area contributed by atoms with Crippen LogP contribution in [0.25, 0.3) is 0 Å². The SMILES string of the molecule is CCCCOCCC(C)(C)CNCC(C)C. The normalized spacial score (nSPS) is 12.4. The minimum Gasteiger partial charge on any atom is -0.381 e. The molecule has 0 aromatic rings. The average Bonchev–Trinajstić information content (AvgIpc) is 2.16. The Morgan fingerprint density at radius 3 is 2.44 bits per heavy atom. The van der Waals surface area contributed by atoms with Crippen molar-refractivity contribution in [3.63, 3.8) is 0 Å². The Hall–Kier alpha value is -0.0800. The van der Waals surface area contributed by atoms with E-state index in [1.165, 1.54) is 12.8 Å². The Bertz CT molecular complexity index is 155. The predicted octanol–water partition coefficient (Wildman–Crippen LogP) is 3.47. The van der Waals surface area contributed by atoms with E-state index in [2.05, 4.69) is 39.9 Å². The lowest BCUT2D eigenvalue weighted by Crippen LogP contribution is -2.32. The average molecular weight is 229 g/mol. The van der Waals surface area contributed by atoms with Crippen LogP contribution in [0.3, 0.4) is 0 Å². The zero-order valence-corrected chi connectivity index (χ0v) is 11.9. The van der Waals surface area contributed by atoms with Crippen molar-refractivity contribution in [1.82, 2.24) is 5.32 Å². The van der Waals surface area contributed by atoms with E-state index < -0.39 is 0 Å². The summed E-state index contributed by atoms with van der Waals surface area (Å²) in [7, 11) is 0. The molecule has 0 saturated carbocycles. The van der Waals surface area contributed by atoms with Gasteiger partial charge in [-0.2, -0.15) is 0 Å². The minimum absolute atomic E-state index is 0.348. The van der Waals surface area contributed by atoms with Crippen molar-refractivity contribution in [3.8, 4) is 0 Å². The second-order valence-electron chi connectivity index (χ2n) is 5.90. The molecule has 0 aliphatic carbocycles. The molecule has 0 saturated heterocycles. The van der Waals surface area contributed by atoms with E-state index in [-0.39, 0.29) is 0 Å². The molecule has 0 radical (unpaired) electrons. The van der Waals surface area contributed by atoms with Gasteiger partial charge in [0, 0.05) is 19.8 Å². The van der Waals surface area contributed by atoms with Crippen LogP contribution in [-0.2, 0) is 4.74 Å². The quantitative estimate of drug-likeness (QED) is 0.579. The van der Waals surface area contributed by atoms with Gasteiger partial charge in [-0.05, 0) is 30.7 Å². The number of ether oxygens (including phenoxy) is 1. The molecule has 0 fully saturated rings. The van der Waals surface area contributed by atoms with E-state index in [1.807, 2.05) is 0 Å². The third-order valence-electron chi connectivity index (χ3n) is 2.72. The van der Waals surface area contributed by atoms with Gasteiger partial charge in [0.25, 0.3) is 0 Å². The van der Waals surface area contributed by atoms with Crippen molar-refractivity contribution in [3.05, 3.63) is 0 Å². The fraction of sp³-hybridized carbons (Fsp3) is 1.00. The molecule has 1 N–H and O–H groups in total. The first-order valence-corrected chi connectivity index (χ1v) is 6.76. The van der Waals surface area contributed by atoms with Gasteiger partial charge < -0.3 is 10.1 Å². The molecular formula is C14H31NO. The van der Waals surface area contributed by atoms with Crippen molar-refractivity contribution in [1.29, 1.82) is 0 Å². The Morgan fingerprint density at radius 1 is 1.19 bits per heavy atom. The first-order valence-electron chi connectivity index (χ1n) is 6.76. The maximum absolute atomic E-state index is 5.61. The zero-order chi connectivity index (χ0) is 12.4. The highest BCUT2D eigenvalue weighted by Crippen LogP contribution is 2.18. The highest BCUT2D eigenvalue weighted by molar-refractivity contribution is 4.71. The second kappa shape index (κ2) is 9.00. The van der Waals surface area contributed by atoms with Gasteiger partial charge in [0.05, 0.1) is 0 Å². The number of unbranched alkanes of at least 4 members (excludes halogenated alkanes) is 1. The smallest absolute Gasteiger partial charge is 0.0471 e. The maximum Gasteiger partial charge on any atom is 0.0471 e. The van der Waals surface area contributed by atoms with Crippen LogP contribution in [0.15, 0.2) is 0 Å². The van der Waals surface area contributed by atoms with Crippen LogP contribution >= 0.6 is 0 Å². The van der Waals surface area contributed by atoms with Crippen LogP contribution < -0.4 is 5.32 Å².